The minimum atomic E-state index is -3.85. The first-order valence-electron chi connectivity index (χ1n) is 5.42. The van der Waals surface area contributed by atoms with E-state index in [0.717, 1.165) is 19.6 Å². The molecule has 6 heteroatoms. The van der Waals surface area contributed by atoms with Crippen molar-refractivity contribution in [3.8, 4) is 0 Å². The SMILES string of the molecule is O=S(=O)(O)SCCN1CCCCCCC1. The topological polar surface area (TPSA) is 57.6 Å². The molecule has 90 valence electrons. The van der Waals surface area contributed by atoms with Crippen molar-refractivity contribution in [3.63, 3.8) is 0 Å². The molecule has 0 aromatic carbocycles. The fourth-order valence-electron chi connectivity index (χ4n) is 1.81. The van der Waals surface area contributed by atoms with Crippen LogP contribution in [0.2, 0.25) is 0 Å². The maximum Gasteiger partial charge on any atom is 0.319 e. The third kappa shape index (κ3) is 7.16. The van der Waals surface area contributed by atoms with Crippen LogP contribution in [0.3, 0.4) is 0 Å². The monoisotopic (exact) mass is 253 g/mol. The maximum absolute atomic E-state index is 10.5. The van der Waals surface area contributed by atoms with E-state index in [1.807, 2.05) is 0 Å². The normalized spacial score (nSPS) is 20.9. The van der Waals surface area contributed by atoms with Crippen LogP contribution in [-0.4, -0.2) is 43.3 Å². The van der Waals surface area contributed by atoms with Gasteiger partial charge in [0.1, 0.15) is 0 Å². The Morgan fingerprint density at radius 3 is 2.13 bits per heavy atom. The van der Waals surface area contributed by atoms with Gasteiger partial charge in [0, 0.05) is 12.3 Å². The molecule has 0 bridgehead atoms. The highest BCUT2D eigenvalue weighted by Gasteiger charge is 2.10. The zero-order valence-corrected chi connectivity index (χ0v) is 10.5. The zero-order chi connectivity index (χ0) is 11.1. The van der Waals surface area contributed by atoms with Crippen molar-refractivity contribution in [2.75, 3.05) is 25.4 Å². The molecule has 1 fully saturated rings. The molecule has 0 unspecified atom stereocenters. The fraction of sp³-hybridized carbons (Fsp3) is 1.00. The first kappa shape index (κ1) is 13.3. The largest absolute Gasteiger partial charge is 0.319 e. The van der Waals surface area contributed by atoms with Crippen LogP contribution in [0.1, 0.15) is 32.1 Å². The summed E-state index contributed by atoms with van der Waals surface area (Å²) < 4.78 is 29.6. The van der Waals surface area contributed by atoms with Crippen molar-refractivity contribution in [2.45, 2.75) is 32.1 Å². The van der Waals surface area contributed by atoms with E-state index in [0.29, 0.717) is 16.5 Å². The zero-order valence-electron chi connectivity index (χ0n) is 8.89. The first-order valence-corrected chi connectivity index (χ1v) is 8.36. The van der Waals surface area contributed by atoms with Crippen molar-refractivity contribution in [2.24, 2.45) is 0 Å². The van der Waals surface area contributed by atoms with E-state index in [2.05, 4.69) is 4.90 Å². The smallest absolute Gasteiger partial charge is 0.302 e. The van der Waals surface area contributed by atoms with Gasteiger partial charge in [-0.05, 0) is 36.7 Å². The molecule has 0 radical (unpaired) electrons. The summed E-state index contributed by atoms with van der Waals surface area (Å²) in [6.45, 7) is 2.88. The van der Waals surface area contributed by atoms with Crippen LogP contribution in [0.15, 0.2) is 0 Å². The van der Waals surface area contributed by atoms with E-state index in [1.54, 1.807) is 0 Å². The van der Waals surface area contributed by atoms with Crippen LogP contribution in [-0.2, 0) is 9.15 Å². The molecule has 4 nitrogen and oxygen atoms in total. The molecule has 1 N–H and O–H groups in total. The minimum Gasteiger partial charge on any atom is -0.302 e. The molecule has 1 aliphatic heterocycles. The summed E-state index contributed by atoms with van der Waals surface area (Å²) >= 11 is 0. The van der Waals surface area contributed by atoms with Gasteiger partial charge in [-0.2, -0.15) is 8.42 Å². The molecular weight excluding hydrogens is 234 g/mol. The Labute approximate surface area is 95.6 Å². The average Bonchev–Trinajstić information content (AvgIpc) is 2.06. The highest BCUT2D eigenvalue weighted by molar-refractivity contribution is 8.69. The predicted molar refractivity (Wildman–Crippen MR) is 63.5 cm³/mol. The highest BCUT2D eigenvalue weighted by Crippen LogP contribution is 2.13. The third-order valence-electron chi connectivity index (χ3n) is 2.59. The summed E-state index contributed by atoms with van der Waals surface area (Å²) in [7, 11) is -3.23. The Hall–Kier alpha value is 0.220. The van der Waals surface area contributed by atoms with E-state index in [1.165, 1.54) is 32.1 Å². The number of rotatable bonds is 4. The molecule has 0 atom stereocenters. The molecule has 0 spiro atoms. The summed E-state index contributed by atoms with van der Waals surface area (Å²) in [5, 5.41) is 0. The van der Waals surface area contributed by atoms with E-state index in [-0.39, 0.29) is 0 Å². The number of hydrogen-bond donors (Lipinski definition) is 1. The van der Waals surface area contributed by atoms with Gasteiger partial charge in [-0.15, -0.1) is 0 Å². The molecule has 1 rings (SSSR count). The Morgan fingerprint density at radius 2 is 1.60 bits per heavy atom. The molecule has 0 aromatic heterocycles. The molecule has 0 aliphatic carbocycles. The predicted octanol–water partition coefficient (Wildman–Crippen LogP) is 1.79. The van der Waals surface area contributed by atoms with Crippen LogP contribution >= 0.6 is 10.8 Å². The molecule has 1 aliphatic rings. The highest BCUT2D eigenvalue weighted by atomic mass is 33.1. The summed E-state index contributed by atoms with van der Waals surface area (Å²) in [4.78, 5) is 2.29. The van der Waals surface area contributed by atoms with Gasteiger partial charge >= 0.3 is 9.15 Å². The van der Waals surface area contributed by atoms with Gasteiger partial charge in [-0.1, -0.05) is 19.3 Å². The number of nitrogens with zero attached hydrogens (tertiary/aromatic N) is 1. The van der Waals surface area contributed by atoms with Crippen molar-refractivity contribution in [3.05, 3.63) is 0 Å². The first-order chi connectivity index (χ1) is 7.08. The lowest BCUT2D eigenvalue weighted by Crippen LogP contribution is -2.29. The number of hydrogen-bond acceptors (Lipinski definition) is 4. The standard InChI is InChI=1S/C9H19NO3S2/c11-15(12,13)14-9-8-10-6-4-2-1-3-5-7-10/h1-9H2,(H,11,12,13). The maximum atomic E-state index is 10.5. The second kappa shape index (κ2) is 6.73. The number of likely N-dealkylation sites (tertiary alicyclic amines) is 1. The van der Waals surface area contributed by atoms with Gasteiger partial charge < -0.3 is 4.90 Å². The van der Waals surface area contributed by atoms with Gasteiger partial charge in [0.15, 0.2) is 0 Å². The van der Waals surface area contributed by atoms with Crippen LogP contribution < -0.4 is 0 Å². The van der Waals surface area contributed by atoms with Crippen molar-refractivity contribution in [1.29, 1.82) is 0 Å². The lowest BCUT2D eigenvalue weighted by atomic mass is 10.1. The van der Waals surface area contributed by atoms with E-state index in [9.17, 15) is 8.42 Å². The lowest BCUT2D eigenvalue weighted by Gasteiger charge is -2.23. The molecule has 1 heterocycles. The summed E-state index contributed by atoms with van der Waals surface area (Å²) in [5.74, 6) is 0.457. The van der Waals surface area contributed by atoms with E-state index < -0.39 is 9.15 Å². The minimum absolute atomic E-state index is 0.457. The van der Waals surface area contributed by atoms with Crippen LogP contribution in [0, 0.1) is 0 Å². The lowest BCUT2D eigenvalue weighted by molar-refractivity contribution is 0.262. The Morgan fingerprint density at radius 1 is 1.07 bits per heavy atom. The average molecular weight is 253 g/mol. The quantitative estimate of drug-likeness (QED) is 0.611. The second-order valence-corrected chi connectivity index (χ2v) is 7.33. The Bertz CT molecular complexity index is 259. The summed E-state index contributed by atoms with van der Waals surface area (Å²) in [6, 6.07) is 0. The molecule has 1 saturated heterocycles. The second-order valence-electron chi connectivity index (χ2n) is 3.86. The van der Waals surface area contributed by atoms with Crippen LogP contribution in [0.25, 0.3) is 0 Å². The van der Waals surface area contributed by atoms with Gasteiger partial charge in [0.25, 0.3) is 0 Å². The Balaban J connectivity index is 2.18. The van der Waals surface area contributed by atoms with Crippen LogP contribution in [0.4, 0.5) is 0 Å². The van der Waals surface area contributed by atoms with Crippen molar-refractivity contribution >= 4 is 19.9 Å². The van der Waals surface area contributed by atoms with Gasteiger partial charge in [0.05, 0.1) is 0 Å². The van der Waals surface area contributed by atoms with Crippen molar-refractivity contribution < 1.29 is 13.0 Å². The van der Waals surface area contributed by atoms with Gasteiger partial charge in [-0.25, -0.2) is 0 Å². The molecule has 0 saturated carbocycles. The van der Waals surface area contributed by atoms with Crippen molar-refractivity contribution in [1.82, 2.24) is 4.90 Å². The van der Waals surface area contributed by atoms with E-state index >= 15 is 0 Å². The molecule has 0 amide bonds. The van der Waals surface area contributed by atoms with E-state index in [4.69, 9.17) is 4.55 Å². The van der Waals surface area contributed by atoms with Crippen LogP contribution in [0.5, 0.6) is 0 Å². The summed E-state index contributed by atoms with van der Waals surface area (Å²) in [6.07, 6.45) is 6.30. The van der Waals surface area contributed by atoms with Gasteiger partial charge in [-0.3, -0.25) is 4.55 Å². The summed E-state index contributed by atoms with van der Waals surface area (Å²) in [5.41, 5.74) is 0. The molecule has 15 heavy (non-hydrogen) atoms. The molecule has 0 aromatic rings. The third-order valence-corrected chi connectivity index (χ3v) is 4.63. The Kier molecular flexibility index (Phi) is 5.96. The molecular formula is C9H19NO3S2. The fourth-order valence-corrected chi connectivity index (χ4v) is 3.21. The van der Waals surface area contributed by atoms with Gasteiger partial charge in [0.2, 0.25) is 0 Å².